The molecular weight excluding hydrogens is 381 g/mol. The van der Waals surface area contributed by atoms with E-state index in [2.05, 4.69) is 6.92 Å². The molecule has 0 spiro atoms. The molecule has 1 aromatic heterocycles. The fraction of sp³-hybridized carbons (Fsp3) is 0.182. The van der Waals surface area contributed by atoms with Gasteiger partial charge >= 0.3 is 5.97 Å². The van der Waals surface area contributed by atoms with Crippen LogP contribution in [0, 0.1) is 5.92 Å². The number of rotatable bonds is 2. The maximum absolute atomic E-state index is 12.1. The fourth-order valence-electron chi connectivity index (χ4n) is 3.79. The minimum absolute atomic E-state index is 0.316. The van der Waals surface area contributed by atoms with Crippen LogP contribution in [0.15, 0.2) is 42.5 Å². The van der Waals surface area contributed by atoms with Crippen molar-refractivity contribution in [2.24, 2.45) is 5.92 Å². The van der Waals surface area contributed by atoms with Crippen LogP contribution < -0.4 is 0 Å². The Kier molecular flexibility index (Phi) is 4.67. The summed E-state index contributed by atoms with van der Waals surface area (Å²) < 4.78 is 0. The number of pyridine rings is 1. The van der Waals surface area contributed by atoms with Crippen molar-refractivity contribution in [2.45, 2.75) is 19.8 Å². The van der Waals surface area contributed by atoms with E-state index in [1.54, 1.807) is 12.1 Å². The number of aromatic carboxylic acids is 1. The highest BCUT2D eigenvalue weighted by atomic mass is 35.5. The first-order chi connectivity index (χ1) is 12.9. The molecule has 136 valence electrons. The van der Waals surface area contributed by atoms with Crippen LogP contribution >= 0.6 is 23.2 Å². The van der Waals surface area contributed by atoms with E-state index in [0.717, 1.165) is 28.8 Å². The number of hydrogen-bond donors (Lipinski definition) is 1. The fourth-order valence-corrected chi connectivity index (χ4v) is 4.25. The second-order valence-corrected chi connectivity index (χ2v) is 7.83. The molecule has 27 heavy (non-hydrogen) atoms. The van der Waals surface area contributed by atoms with Crippen molar-refractivity contribution in [1.82, 2.24) is 4.98 Å². The number of allylic oxidation sites excluding steroid dienone is 1. The van der Waals surface area contributed by atoms with E-state index in [9.17, 15) is 9.90 Å². The predicted octanol–water partition coefficient (Wildman–Crippen LogP) is 6.36. The first kappa shape index (κ1) is 18.0. The van der Waals surface area contributed by atoms with Gasteiger partial charge < -0.3 is 5.11 Å². The summed E-state index contributed by atoms with van der Waals surface area (Å²) in [6.45, 7) is 2.13. The molecule has 1 atom stereocenters. The normalized spacial score (nSPS) is 17.9. The molecule has 2 aromatic carbocycles. The summed E-state index contributed by atoms with van der Waals surface area (Å²) in [5, 5.41) is 11.7. The third-order valence-corrected chi connectivity index (χ3v) is 5.49. The Morgan fingerprint density at radius 2 is 1.96 bits per heavy atom. The van der Waals surface area contributed by atoms with Gasteiger partial charge in [-0.2, -0.15) is 0 Å². The number of halogens is 2. The number of fused-ring (bicyclic) bond motifs is 2. The second kappa shape index (κ2) is 6.99. The Labute approximate surface area is 167 Å². The highest BCUT2D eigenvalue weighted by molar-refractivity contribution is 6.35. The molecule has 1 aliphatic rings. The van der Waals surface area contributed by atoms with E-state index in [4.69, 9.17) is 28.2 Å². The number of carbonyl (C=O) groups is 1. The van der Waals surface area contributed by atoms with Gasteiger partial charge in [0.05, 0.1) is 16.8 Å². The van der Waals surface area contributed by atoms with Gasteiger partial charge in [-0.15, -0.1) is 0 Å². The van der Waals surface area contributed by atoms with Crippen LogP contribution in [0.4, 0.5) is 0 Å². The molecule has 4 rings (SSSR count). The van der Waals surface area contributed by atoms with Crippen LogP contribution in [-0.2, 0) is 6.42 Å². The number of carboxylic acid groups (broad SMARTS) is 1. The number of para-hydroxylation sites is 1. The molecule has 3 aromatic rings. The standard InChI is InChI=1S/C22H17Cl2NO2/c1-12-8-14(10-13-6-7-15(23)11-18(13)24)21-17(9-12)20(22(26)27)16-4-2-3-5-19(16)25-21/h2-7,10-12H,8-9H2,1H3,(H,26,27)/b14-10+/t12-/m1/s1. The van der Waals surface area contributed by atoms with Crippen molar-refractivity contribution in [3.8, 4) is 0 Å². The molecule has 1 heterocycles. The van der Waals surface area contributed by atoms with Crippen molar-refractivity contribution in [3.05, 3.63) is 74.9 Å². The zero-order valence-corrected chi connectivity index (χ0v) is 16.2. The molecule has 0 bridgehead atoms. The Hall–Kier alpha value is -2.36. The zero-order valence-electron chi connectivity index (χ0n) is 14.7. The van der Waals surface area contributed by atoms with E-state index < -0.39 is 5.97 Å². The highest BCUT2D eigenvalue weighted by Gasteiger charge is 2.28. The van der Waals surface area contributed by atoms with Gasteiger partial charge in [-0.1, -0.05) is 54.4 Å². The Morgan fingerprint density at radius 3 is 2.70 bits per heavy atom. The van der Waals surface area contributed by atoms with Gasteiger partial charge in [0, 0.05) is 15.4 Å². The van der Waals surface area contributed by atoms with Gasteiger partial charge in [0.1, 0.15) is 0 Å². The molecule has 0 radical (unpaired) electrons. The van der Waals surface area contributed by atoms with E-state index in [1.165, 1.54) is 0 Å². The smallest absolute Gasteiger partial charge is 0.336 e. The summed E-state index contributed by atoms with van der Waals surface area (Å²) in [4.78, 5) is 16.9. The first-order valence-electron chi connectivity index (χ1n) is 8.75. The van der Waals surface area contributed by atoms with Crippen LogP contribution in [0.25, 0.3) is 22.6 Å². The van der Waals surface area contributed by atoms with Crippen LogP contribution in [0.2, 0.25) is 10.0 Å². The third-order valence-electron chi connectivity index (χ3n) is 4.92. The second-order valence-electron chi connectivity index (χ2n) is 6.99. The van der Waals surface area contributed by atoms with Gasteiger partial charge in [-0.05, 0) is 59.7 Å². The minimum atomic E-state index is -0.914. The van der Waals surface area contributed by atoms with Crippen LogP contribution in [-0.4, -0.2) is 16.1 Å². The van der Waals surface area contributed by atoms with Crippen molar-refractivity contribution in [2.75, 3.05) is 0 Å². The van der Waals surface area contributed by atoms with Crippen LogP contribution in [0.1, 0.15) is 40.5 Å². The van der Waals surface area contributed by atoms with Crippen LogP contribution in [0.5, 0.6) is 0 Å². The van der Waals surface area contributed by atoms with Gasteiger partial charge in [0.15, 0.2) is 0 Å². The van der Waals surface area contributed by atoms with E-state index in [-0.39, 0.29) is 0 Å². The van der Waals surface area contributed by atoms with Crippen molar-refractivity contribution < 1.29 is 9.90 Å². The summed E-state index contributed by atoms with van der Waals surface area (Å²) in [6, 6.07) is 12.8. The van der Waals surface area contributed by atoms with Gasteiger partial charge in [-0.3, -0.25) is 0 Å². The summed E-state index contributed by atoms with van der Waals surface area (Å²) in [5.74, 6) is -0.598. The Morgan fingerprint density at radius 1 is 1.19 bits per heavy atom. The monoisotopic (exact) mass is 397 g/mol. The number of carboxylic acids is 1. The van der Waals surface area contributed by atoms with Crippen molar-refractivity contribution in [1.29, 1.82) is 0 Å². The number of nitrogens with zero attached hydrogens (tertiary/aromatic N) is 1. The molecule has 1 N–H and O–H groups in total. The molecule has 5 heteroatoms. The summed E-state index contributed by atoms with van der Waals surface area (Å²) in [7, 11) is 0. The lowest BCUT2D eigenvalue weighted by Crippen LogP contribution is -2.17. The SMILES string of the molecule is C[C@@H]1C/C(=C\c2ccc(Cl)cc2Cl)c2nc3ccccc3c(C(=O)O)c2C1. The summed E-state index contributed by atoms with van der Waals surface area (Å²) >= 11 is 12.3. The average Bonchev–Trinajstić information content (AvgIpc) is 2.62. The van der Waals surface area contributed by atoms with Gasteiger partial charge in [0.2, 0.25) is 0 Å². The topological polar surface area (TPSA) is 50.2 Å². The maximum Gasteiger partial charge on any atom is 0.336 e. The molecule has 1 aliphatic carbocycles. The average molecular weight is 398 g/mol. The molecule has 0 amide bonds. The molecule has 0 aliphatic heterocycles. The quantitative estimate of drug-likeness (QED) is 0.546. The van der Waals surface area contributed by atoms with Gasteiger partial charge in [0.25, 0.3) is 0 Å². The van der Waals surface area contributed by atoms with Gasteiger partial charge in [-0.25, -0.2) is 9.78 Å². The lowest BCUT2D eigenvalue weighted by molar-refractivity contribution is 0.0697. The largest absolute Gasteiger partial charge is 0.478 e. The van der Waals surface area contributed by atoms with E-state index in [0.29, 0.717) is 38.9 Å². The number of aromatic nitrogens is 1. The minimum Gasteiger partial charge on any atom is -0.478 e. The molecule has 0 fully saturated rings. The maximum atomic E-state index is 12.1. The Bertz CT molecular complexity index is 1100. The summed E-state index contributed by atoms with van der Waals surface area (Å²) in [6.07, 6.45) is 3.51. The molecule has 3 nitrogen and oxygen atoms in total. The number of hydrogen-bond acceptors (Lipinski definition) is 2. The molecular formula is C22H17Cl2NO2. The molecule has 0 saturated carbocycles. The van der Waals surface area contributed by atoms with E-state index >= 15 is 0 Å². The zero-order chi connectivity index (χ0) is 19.1. The first-order valence-corrected chi connectivity index (χ1v) is 9.50. The number of benzene rings is 2. The predicted molar refractivity (Wildman–Crippen MR) is 111 cm³/mol. The molecule has 0 unspecified atom stereocenters. The third kappa shape index (κ3) is 3.33. The Balaban J connectivity index is 1.99. The van der Waals surface area contributed by atoms with E-state index in [1.807, 2.05) is 36.4 Å². The van der Waals surface area contributed by atoms with Crippen LogP contribution in [0.3, 0.4) is 0 Å². The van der Waals surface area contributed by atoms with Crippen molar-refractivity contribution >= 4 is 51.7 Å². The lowest BCUT2D eigenvalue weighted by atomic mass is 9.80. The van der Waals surface area contributed by atoms with Crippen molar-refractivity contribution in [3.63, 3.8) is 0 Å². The highest BCUT2D eigenvalue weighted by Crippen LogP contribution is 2.39. The lowest BCUT2D eigenvalue weighted by Gasteiger charge is -2.26. The molecule has 0 saturated heterocycles. The summed E-state index contributed by atoms with van der Waals surface area (Å²) in [5.41, 5.74) is 4.46.